The minimum atomic E-state index is -1.11. The summed E-state index contributed by atoms with van der Waals surface area (Å²) in [6, 6.07) is 19.0. The van der Waals surface area contributed by atoms with Crippen LogP contribution >= 0.6 is 34.4 Å². The number of carbonyl (C=O) groups is 3. The number of halogens is 1. The van der Waals surface area contributed by atoms with Gasteiger partial charge in [-0.1, -0.05) is 30.3 Å². The molecule has 1 amide bonds. The monoisotopic (exact) mass is 644 g/mol. The number of benzene rings is 3. The zero-order valence-electron chi connectivity index (χ0n) is 20.0. The van der Waals surface area contributed by atoms with Crippen LogP contribution in [0.4, 0.5) is 5.69 Å². The first-order valence-corrected chi connectivity index (χ1v) is 13.0. The quantitative estimate of drug-likeness (QED) is 0.239. The van der Waals surface area contributed by atoms with Crippen molar-refractivity contribution in [1.29, 1.82) is 0 Å². The minimum Gasteiger partial charge on any atom is -0.493 e. The second kappa shape index (κ2) is 12.1. The third kappa shape index (κ3) is 6.53. The summed E-state index contributed by atoms with van der Waals surface area (Å²) in [4.78, 5) is 42.3. The molecule has 1 saturated heterocycles. The van der Waals surface area contributed by atoms with Crippen molar-refractivity contribution in [1.82, 2.24) is 4.90 Å². The Labute approximate surface area is 235 Å². The van der Waals surface area contributed by atoms with Gasteiger partial charge in [-0.2, -0.15) is 0 Å². The van der Waals surface area contributed by atoms with E-state index in [1.807, 2.05) is 52.9 Å². The maximum absolute atomic E-state index is 13.5. The van der Waals surface area contributed by atoms with Crippen LogP contribution in [0.3, 0.4) is 0 Å². The van der Waals surface area contributed by atoms with Gasteiger partial charge >= 0.3 is 11.9 Å². The molecule has 11 heteroatoms. The number of aliphatic carboxylic acids is 1. The molecule has 9 nitrogen and oxygen atoms in total. The Balaban J connectivity index is 1.68. The molecule has 38 heavy (non-hydrogen) atoms. The van der Waals surface area contributed by atoms with Crippen LogP contribution in [0.25, 0.3) is 6.08 Å². The molecule has 2 N–H and O–H groups in total. The third-order valence-corrected chi connectivity index (χ3v) is 7.11. The molecule has 0 atom stereocenters. The number of hydrogen-bond acceptors (Lipinski definition) is 7. The fraction of sp³-hybridized carbons (Fsp3) is 0.111. The van der Waals surface area contributed by atoms with Crippen LogP contribution in [0.15, 0.2) is 76.6 Å². The van der Waals surface area contributed by atoms with Gasteiger partial charge in [-0.05, 0) is 88.0 Å². The van der Waals surface area contributed by atoms with E-state index in [0.717, 1.165) is 5.56 Å². The number of carbonyl (C=O) groups excluding carboxylic acids is 1. The lowest BCUT2D eigenvalue weighted by molar-refractivity contribution is -0.139. The fourth-order valence-electron chi connectivity index (χ4n) is 3.53. The molecule has 0 spiro atoms. The van der Waals surface area contributed by atoms with Gasteiger partial charge in [-0.15, -0.1) is 0 Å². The van der Waals surface area contributed by atoms with E-state index in [0.29, 0.717) is 36.4 Å². The van der Waals surface area contributed by atoms with Crippen LogP contribution in [0, 0.1) is 3.57 Å². The van der Waals surface area contributed by atoms with E-state index in [1.165, 1.54) is 31.0 Å². The van der Waals surface area contributed by atoms with Crippen LogP contribution in [0.2, 0.25) is 0 Å². The summed E-state index contributed by atoms with van der Waals surface area (Å²) in [7, 11) is 1.45. The zero-order valence-corrected chi connectivity index (χ0v) is 22.9. The smallest absolute Gasteiger partial charge is 0.341 e. The summed E-state index contributed by atoms with van der Waals surface area (Å²) in [6.07, 6.45) is 1.71. The van der Waals surface area contributed by atoms with Crippen molar-refractivity contribution < 1.29 is 34.1 Å². The van der Waals surface area contributed by atoms with Crippen molar-refractivity contribution in [3.8, 4) is 11.5 Å². The molecule has 1 heterocycles. The average Bonchev–Trinajstić information content (AvgIpc) is 3.17. The first kappa shape index (κ1) is 27.2. The number of nitrogens with zero attached hydrogens (tertiary/aromatic N) is 2. The normalized spacial score (nSPS) is 15.2. The summed E-state index contributed by atoms with van der Waals surface area (Å²) < 4.78 is 11.4. The van der Waals surface area contributed by atoms with Gasteiger partial charge in [-0.25, -0.2) is 14.6 Å². The zero-order chi connectivity index (χ0) is 27.2. The molecule has 0 radical (unpaired) electrons. The van der Waals surface area contributed by atoms with Crippen molar-refractivity contribution in [3.63, 3.8) is 0 Å². The van der Waals surface area contributed by atoms with E-state index >= 15 is 0 Å². The number of carboxylic acids is 2. The summed E-state index contributed by atoms with van der Waals surface area (Å²) in [5.41, 5.74) is 2.26. The molecule has 0 unspecified atom stereocenters. The molecular weight excluding hydrogens is 623 g/mol. The largest absolute Gasteiger partial charge is 0.493 e. The first-order chi connectivity index (χ1) is 18.2. The molecule has 3 aromatic carbocycles. The maximum Gasteiger partial charge on any atom is 0.341 e. The van der Waals surface area contributed by atoms with Gasteiger partial charge in [0.15, 0.2) is 23.3 Å². The molecule has 1 aliphatic heterocycles. The lowest BCUT2D eigenvalue weighted by Gasteiger charge is -2.16. The number of carboxylic acid groups (broad SMARTS) is 2. The third-order valence-electron chi connectivity index (χ3n) is 5.30. The molecule has 0 bridgehead atoms. The highest BCUT2D eigenvalue weighted by Crippen LogP contribution is 2.38. The average molecular weight is 644 g/mol. The van der Waals surface area contributed by atoms with Gasteiger partial charge < -0.3 is 19.7 Å². The Morgan fingerprint density at radius 3 is 2.42 bits per heavy atom. The number of methoxy groups -OCH3 is 1. The van der Waals surface area contributed by atoms with Gasteiger partial charge in [0.2, 0.25) is 0 Å². The fourth-order valence-corrected chi connectivity index (χ4v) is 5.31. The number of para-hydroxylation sites is 1. The molecule has 4 rings (SSSR count). The van der Waals surface area contributed by atoms with Crippen LogP contribution < -0.4 is 9.47 Å². The topological polar surface area (TPSA) is 126 Å². The standard InChI is InChI=1S/C27H21IN2O7S/c1-36-21-12-17(11-20(28)24(21)37-15-23(31)32)13-22-25(33)30(14-16-7-9-18(10-8-16)26(34)35)27(38-22)29-19-5-3-2-4-6-19/h2-13H,14-15H2,1H3,(H,31,32)(H,34,35)/b22-13-,29-27?. The number of aromatic carboxylic acids is 1. The van der Waals surface area contributed by atoms with E-state index in [-0.39, 0.29) is 18.0 Å². The Kier molecular flexibility index (Phi) is 8.69. The molecule has 0 saturated carbocycles. The maximum atomic E-state index is 13.5. The van der Waals surface area contributed by atoms with Gasteiger partial charge in [-0.3, -0.25) is 9.69 Å². The lowest BCUT2D eigenvalue weighted by atomic mass is 10.1. The molecular formula is C27H21IN2O7S. The molecule has 1 fully saturated rings. The lowest BCUT2D eigenvalue weighted by Crippen LogP contribution is -2.28. The van der Waals surface area contributed by atoms with Crippen LogP contribution in [0.1, 0.15) is 21.5 Å². The summed E-state index contributed by atoms with van der Waals surface area (Å²) in [6.45, 7) is -0.305. The van der Waals surface area contributed by atoms with E-state index in [9.17, 15) is 19.5 Å². The first-order valence-electron chi connectivity index (χ1n) is 11.1. The van der Waals surface area contributed by atoms with Crippen molar-refractivity contribution in [2.75, 3.05) is 13.7 Å². The number of aliphatic imine (C=N–C) groups is 1. The molecule has 3 aromatic rings. The highest BCUT2D eigenvalue weighted by Gasteiger charge is 2.33. The van der Waals surface area contributed by atoms with Gasteiger partial charge in [0.1, 0.15) is 0 Å². The SMILES string of the molecule is COc1cc(/C=C2\SC(=Nc3ccccc3)N(Cc3ccc(C(=O)O)cc3)C2=O)cc(I)c1OCC(=O)O. The van der Waals surface area contributed by atoms with Crippen molar-refractivity contribution in [2.24, 2.45) is 4.99 Å². The summed E-state index contributed by atoms with van der Waals surface area (Å²) >= 11 is 3.25. The summed E-state index contributed by atoms with van der Waals surface area (Å²) in [5, 5.41) is 18.6. The Morgan fingerprint density at radius 2 is 1.79 bits per heavy atom. The number of rotatable bonds is 9. The predicted molar refractivity (Wildman–Crippen MR) is 152 cm³/mol. The highest BCUT2D eigenvalue weighted by molar-refractivity contribution is 14.1. The Hall–Kier alpha value is -3.84. The number of hydrogen-bond donors (Lipinski definition) is 2. The minimum absolute atomic E-state index is 0.161. The highest BCUT2D eigenvalue weighted by atomic mass is 127. The number of ether oxygens (including phenoxy) is 2. The molecule has 1 aliphatic rings. The molecule has 0 aromatic heterocycles. The van der Waals surface area contributed by atoms with Crippen LogP contribution in [0.5, 0.6) is 11.5 Å². The van der Waals surface area contributed by atoms with Crippen molar-refractivity contribution in [2.45, 2.75) is 6.54 Å². The van der Waals surface area contributed by atoms with Gasteiger partial charge in [0.05, 0.1) is 33.4 Å². The van der Waals surface area contributed by atoms with E-state index in [4.69, 9.17) is 14.6 Å². The van der Waals surface area contributed by atoms with Crippen molar-refractivity contribution in [3.05, 3.63) is 91.9 Å². The van der Waals surface area contributed by atoms with E-state index < -0.39 is 18.5 Å². The molecule has 194 valence electrons. The van der Waals surface area contributed by atoms with Gasteiger partial charge in [0.25, 0.3) is 5.91 Å². The van der Waals surface area contributed by atoms with Crippen LogP contribution in [-0.2, 0) is 16.1 Å². The van der Waals surface area contributed by atoms with Crippen molar-refractivity contribution >= 4 is 69.1 Å². The number of amides is 1. The number of thioether (sulfide) groups is 1. The van der Waals surface area contributed by atoms with Gasteiger partial charge in [0, 0.05) is 0 Å². The Bertz CT molecular complexity index is 1440. The van der Waals surface area contributed by atoms with E-state index in [1.54, 1.807) is 35.2 Å². The number of amidine groups is 1. The second-order valence-corrected chi connectivity index (χ2v) is 10.1. The summed E-state index contributed by atoms with van der Waals surface area (Å²) in [5.74, 6) is -1.74. The second-order valence-electron chi connectivity index (χ2n) is 7.95. The Morgan fingerprint density at radius 1 is 1.08 bits per heavy atom. The predicted octanol–water partition coefficient (Wildman–Crippen LogP) is 5.27. The van der Waals surface area contributed by atoms with E-state index in [2.05, 4.69) is 4.99 Å². The molecule has 0 aliphatic carbocycles. The van der Waals surface area contributed by atoms with Crippen LogP contribution in [-0.4, -0.2) is 51.8 Å².